The van der Waals surface area contributed by atoms with Crippen LogP contribution in [0.3, 0.4) is 0 Å². The first kappa shape index (κ1) is 25.9. The number of rotatable bonds is 15. The van der Waals surface area contributed by atoms with Crippen molar-refractivity contribution in [1.29, 1.82) is 0 Å². The summed E-state index contributed by atoms with van der Waals surface area (Å²) in [6.07, 6.45) is 15.5. The zero-order chi connectivity index (χ0) is 17.2. The summed E-state index contributed by atoms with van der Waals surface area (Å²) in [4.78, 5) is 22.6. The van der Waals surface area contributed by atoms with Crippen molar-refractivity contribution in [2.75, 3.05) is 6.61 Å². The molecule has 0 saturated carbocycles. The maximum atomic E-state index is 11.4. The molecule has 0 aromatic carbocycles. The number of ether oxygens (including phenoxy) is 2. The number of esters is 2. The standard InChI is InChI=1S/C19H34O4.Na.H/c1-3-5-6-7-8-9-10-11-12-13-17-23-19(21)15-14-18(20)22-16-4-2;;/h13,17H,3-12,14-16H2,1-2H3;;. The number of allylic oxidation sites excluding steroid dienone is 1. The van der Waals surface area contributed by atoms with Gasteiger partial charge in [0.1, 0.15) is 0 Å². The quantitative estimate of drug-likeness (QED) is 0.187. The molecule has 0 aliphatic carbocycles. The van der Waals surface area contributed by atoms with Crippen molar-refractivity contribution >= 4 is 41.5 Å². The van der Waals surface area contributed by atoms with Crippen LogP contribution in [0.1, 0.15) is 90.9 Å². The molecule has 0 fully saturated rings. The Morgan fingerprint density at radius 1 is 0.792 bits per heavy atom. The van der Waals surface area contributed by atoms with E-state index in [-0.39, 0.29) is 54.3 Å². The molecule has 0 aliphatic heterocycles. The van der Waals surface area contributed by atoms with Crippen LogP contribution in [0.25, 0.3) is 0 Å². The van der Waals surface area contributed by atoms with Crippen LogP contribution >= 0.6 is 0 Å². The SMILES string of the molecule is CCCCCCCCCCC=COC(=O)CCC(=O)OCCC.[NaH]. The molecule has 0 amide bonds. The van der Waals surface area contributed by atoms with Crippen molar-refractivity contribution in [3.8, 4) is 0 Å². The Balaban J connectivity index is 0. The molecule has 0 aliphatic rings. The van der Waals surface area contributed by atoms with E-state index in [1.807, 2.05) is 13.0 Å². The molecule has 0 heterocycles. The zero-order valence-electron chi connectivity index (χ0n) is 15.0. The summed E-state index contributed by atoms with van der Waals surface area (Å²) in [5, 5.41) is 0. The summed E-state index contributed by atoms with van der Waals surface area (Å²) in [7, 11) is 0. The van der Waals surface area contributed by atoms with E-state index in [1.165, 1.54) is 51.2 Å². The van der Waals surface area contributed by atoms with E-state index in [2.05, 4.69) is 6.92 Å². The molecular formula is C19H35NaO4. The number of carbonyl (C=O) groups excluding carboxylic acids is 2. The molecule has 24 heavy (non-hydrogen) atoms. The molecule has 0 spiro atoms. The van der Waals surface area contributed by atoms with Crippen molar-refractivity contribution in [2.45, 2.75) is 90.9 Å². The fraction of sp³-hybridized carbons (Fsp3) is 0.789. The third-order valence-corrected chi connectivity index (χ3v) is 3.52. The first-order valence-electron chi connectivity index (χ1n) is 9.20. The van der Waals surface area contributed by atoms with Crippen LogP contribution in [0.4, 0.5) is 0 Å². The maximum absolute atomic E-state index is 11.4. The number of carbonyl (C=O) groups is 2. The van der Waals surface area contributed by atoms with Crippen molar-refractivity contribution < 1.29 is 19.1 Å². The van der Waals surface area contributed by atoms with Gasteiger partial charge in [0.05, 0.1) is 25.7 Å². The van der Waals surface area contributed by atoms with Gasteiger partial charge >= 0.3 is 41.5 Å². The van der Waals surface area contributed by atoms with Gasteiger partial charge in [-0.1, -0.05) is 58.8 Å². The fourth-order valence-corrected chi connectivity index (χ4v) is 2.14. The van der Waals surface area contributed by atoms with E-state index in [1.54, 1.807) is 0 Å². The van der Waals surface area contributed by atoms with Crippen LogP contribution in [0, 0.1) is 0 Å². The van der Waals surface area contributed by atoms with Crippen LogP contribution < -0.4 is 0 Å². The number of hydrogen-bond donors (Lipinski definition) is 0. The van der Waals surface area contributed by atoms with Crippen LogP contribution in [0.15, 0.2) is 12.3 Å². The van der Waals surface area contributed by atoms with Gasteiger partial charge in [-0.05, 0) is 25.3 Å². The first-order valence-corrected chi connectivity index (χ1v) is 9.20. The average molecular weight is 350 g/mol. The van der Waals surface area contributed by atoms with Gasteiger partial charge in [0, 0.05) is 0 Å². The van der Waals surface area contributed by atoms with Gasteiger partial charge in [-0.3, -0.25) is 9.59 Å². The van der Waals surface area contributed by atoms with Crippen molar-refractivity contribution in [3.63, 3.8) is 0 Å². The van der Waals surface area contributed by atoms with E-state index in [4.69, 9.17) is 9.47 Å². The summed E-state index contributed by atoms with van der Waals surface area (Å²) >= 11 is 0. The Morgan fingerprint density at radius 2 is 1.38 bits per heavy atom. The predicted octanol–water partition coefficient (Wildman–Crippen LogP) is 4.66. The van der Waals surface area contributed by atoms with Crippen LogP contribution in [0.5, 0.6) is 0 Å². The molecular weight excluding hydrogens is 315 g/mol. The van der Waals surface area contributed by atoms with E-state index in [0.29, 0.717) is 6.61 Å². The third kappa shape index (κ3) is 19.7. The summed E-state index contributed by atoms with van der Waals surface area (Å²) in [6.45, 7) is 4.57. The summed E-state index contributed by atoms with van der Waals surface area (Å²) in [5.74, 6) is -0.725. The van der Waals surface area contributed by atoms with E-state index < -0.39 is 0 Å². The Bertz CT molecular complexity index is 329. The third-order valence-electron chi connectivity index (χ3n) is 3.52. The topological polar surface area (TPSA) is 52.6 Å². The molecule has 0 aromatic rings. The molecule has 0 unspecified atom stereocenters. The second kappa shape index (κ2) is 20.7. The molecule has 0 atom stereocenters. The van der Waals surface area contributed by atoms with Gasteiger partial charge in [0.25, 0.3) is 0 Å². The minimum absolute atomic E-state index is 0. The van der Waals surface area contributed by atoms with Crippen LogP contribution in [-0.4, -0.2) is 48.1 Å². The molecule has 0 N–H and O–H groups in total. The van der Waals surface area contributed by atoms with Gasteiger partial charge < -0.3 is 9.47 Å². The van der Waals surface area contributed by atoms with E-state index in [0.717, 1.165) is 19.3 Å². The summed E-state index contributed by atoms with van der Waals surface area (Å²) < 4.78 is 9.83. The molecule has 0 radical (unpaired) electrons. The summed E-state index contributed by atoms with van der Waals surface area (Å²) in [5.41, 5.74) is 0. The van der Waals surface area contributed by atoms with E-state index in [9.17, 15) is 9.59 Å². The number of hydrogen-bond acceptors (Lipinski definition) is 4. The van der Waals surface area contributed by atoms with Crippen LogP contribution in [0.2, 0.25) is 0 Å². The monoisotopic (exact) mass is 350 g/mol. The molecule has 5 heteroatoms. The van der Waals surface area contributed by atoms with Crippen molar-refractivity contribution in [1.82, 2.24) is 0 Å². The average Bonchev–Trinajstić information content (AvgIpc) is 2.56. The Kier molecular flexibility index (Phi) is 22.4. The van der Waals surface area contributed by atoms with Gasteiger partial charge in [0.15, 0.2) is 0 Å². The van der Waals surface area contributed by atoms with Gasteiger partial charge in [-0.25, -0.2) is 0 Å². The second-order valence-corrected chi connectivity index (χ2v) is 5.85. The Morgan fingerprint density at radius 3 is 2.00 bits per heavy atom. The zero-order valence-corrected chi connectivity index (χ0v) is 15.0. The molecule has 136 valence electrons. The van der Waals surface area contributed by atoms with Gasteiger partial charge in [0.2, 0.25) is 0 Å². The predicted molar refractivity (Wildman–Crippen MR) is 100 cm³/mol. The van der Waals surface area contributed by atoms with Crippen LogP contribution in [-0.2, 0) is 19.1 Å². The molecule has 0 aromatic heterocycles. The minimum atomic E-state index is -0.384. The number of unbranched alkanes of at least 4 members (excludes halogenated alkanes) is 8. The van der Waals surface area contributed by atoms with Crippen molar-refractivity contribution in [3.05, 3.63) is 12.3 Å². The normalized spacial score (nSPS) is 10.4. The molecule has 0 rings (SSSR count). The van der Waals surface area contributed by atoms with Gasteiger partial charge in [-0.2, -0.15) is 0 Å². The second-order valence-electron chi connectivity index (χ2n) is 5.85. The van der Waals surface area contributed by atoms with Gasteiger partial charge in [-0.15, -0.1) is 0 Å². The van der Waals surface area contributed by atoms with Crippen molar-refractivity contribution in [2.24, 2.45) is 0 Å². The Hall–Kier alpha value is -0.320. The van der Waals surface area contributed by atoms with E-state index >= 15 is 0 Å². The molecule has 0 saturated heterocycles. The fourth-order valence-electron chi connectivity index (χ4n) is 2.14. The summed E-state index contributed by atoms with van der Waals surface area (Å²) in [6, 6.07) is 0. The Labute approximate surface area is 170 Å². The molecule has 0 bridgehead atoms. The molecule has 4 nitrogen and oxygen atoms in total. The first-order chi connectivity index (χ1) is 11.2.